The minimum Gasteiger partial charge on any atom is -0.263 e. The van der Waals surface area contributed by atoms with E-state index in [-0.39, 0.29) is 0 Å². The standard InChI is InChI=1S/C8H18.H3NO7S2/c1-3-5-7-8-6-4-2;1-7-10(5,6)8-9(2,3)4/h3-8H2,1-2H3;1H2,(H,2,3,4). The zero-order chi connectivity index (χ0) is 14.7. The summed E-state index contributed by atoms with van der Waals surface area (Å²) in [4.78, 5) is 0. The molecule has 0 unspecified atom stereocenters. The van der Waals surface area contributed by atoms with Crippen molar-refractivity contribution in [3.05, 3.63) is 0 Å². The second kappa shape index (κ2) is 10.6. The van der Waals surface area contributed by atoms with Crippen LogP contribution in [0, 0.1) is 0 Å². The molecule has 0 amide bonds. The van der Waals surface area contributed by atoms with Gasteiger partial charge in [0.2, 0.25) is 0 Å². The van der Waals surface area contributed by atoms with E-state index in [2.05, 4.69) is 27.7 Å². The van der Waals surface area contributed by atoms with E-state index in [0.29, 0.717) is 0 Å². The van der Waals surface area contributed by atoms with Crippen LogP contribution < -0.4 is 5.90 Å². The quantitative estimate of drug-likeness (QED) is 0.389. The van der Waals surface area contributed by atoms with Gasteiger partial charge in [-0.25, -0.2) is 0 Å². The average molecular weight is 307 g/mol. The Hall–Kier alpha value is -0.260. The molecule has 0 saturated heterocycles. The molecule has 0 saturated carbocycles. The molecule has 3 N–H and O–H groups in total. The largest absolute Gasteiger partial charge is 0.432 e. The number of hydrogen-bond donors (Lipinski definition) is 2. The van der Waals surface area contributed by atoms with Crippen LogP contribution in [0.25, 0.3) is 0 Å². The van der Waals surface area contributed by atoms with Crippen LogP contribution in [0.5, 0.6) is 0 Å². The maximum absolute atomic E-state index is 9.91. The van der Waals surface area contributed by atoms with E-state index in [9.17, 15) is 16.8 Å². The summed E-state index contributed by atoms with van der Waals surface area (Å²) in [6.45, 7) is 4.51. The predicted molar refractivity (Wildman–Crippen MR) is 65.9 cm³/mol. The van der Waals surface area contributed by atoms with Gasteiger partial charge in [-0.2, -0.15) is 27.0 Å². The molecule has 0 aliphatic carbocycles. The first-order valence-electron chi connectivity index (χ1n) is 5.50. The molecule has 8 nitrogen and oxygen atoms in total. The van der Waals surface area contributed by atoms with Gasteiger partial charge in [0.05, 0.1) is 0 Å². The average Bonchev–Trinajstić information content (AvgIpc) is 2.22. The normalized spacial score (nSPS) is 11.8. The molecule has 0 fully saturated rings. The van der Waals surface area contributed by atoms with E-state index in [0.717, 1.165) is 0 Å². The Labute approximate surface area is 109 Å². The lowest BCUT2D eigenvalue weighted by atomic mass is 10.1. The highest BCUT2D eigenvalue weighted by molar-refractivity contribution is 7.94. The highest BCUT2D eigenvalue weighted by atomic mass is 32.3. The van der Waals surface area contributed by atoms with E-state index < -0.39 is 20.8 Å². The van der Waals surface area contributed by atoms with Crippen molar-refractivity contribution in [2.24, 2.45) is 5.90 Å². The van der Waals surface area contributed by atoms with Crippen LogP contribution in [-0.2, 0) is 28.7 Å². The summed E-state index contributed by atoms with van der Waals surface area (Å²) in [5.41, 5.74) is 0. The van der Waals surface area contributed by atoms with Crippen LogP contribution in [0.15, 0.2) is 0 Å². The van der Waals surface area contributed by atoms with Crippen molar-refractivity contribution in [1.82, 2.24) is 0 Å². The van der Waals surface area contributed by atoms with Gasteiger partial charge in [0, 0.05) is 0 Å². The number of hydrogen-bond acceptors (Lipinski definition) is 7. The number of unbranched alkanes of at least 4 members (excludes halogenated alkanes) is 5. The van der Waals surface area contributed by atoms with Gasteiger partial charge in [-0.05, 0) is 0 Å². The van der Waals surface area contributed by atoms with Crippen molar-refractivity contribution in [3.63, 3.8) is 0 Å². The van der Waals surface area contributed by atoms with Gasteiger partial charge in [0.15, 0.2) is 0 Å². The Morgan fingerprint density at radius 2 is 1.33 bits per heavy atom. The first kappa shape index (κ1) is 20.1. The fourth-order valence-corrected chi connectivity index (χ4v) is 1.95. The molecule has 10 heteroatoms. The Morgan fingerprint density at radius 3 is 1.50 bits per heavy atom. The summed E-state index contributed by atoms with van der Waals surface area (Å²) < 4.78 is 52.7. The van der Waals surface area contributed by atoms with Crippen molar-refractivity contribution in [3.8, 4) is 0 Å². The molecular formula is C8H21NO7S2. The summed E-state index contributed by atoms with van der Waals surface area (Å²) in [6.07, 6.45) is 8.49. The molecule has 0 rings (SSSR count). The van der Waals surface area contributed by atoms with Crippen LogP contribution in [0.1, 0.15) is 52.4 Å². The Morgan fingerprint density at radius 1 is 0.944 bits per heavy atom. The summed E-state index contributed by atoms with van der Waals surface area (Å²) in [5, 5.41) is 0. The van der Waals surface area contributed by atoms with E-state index in [1.165, 1.54) is 38.5 Å². The van der Waals surface area contributed by atoms with Crippen molar-refractivity contribution in [2.75, 3.05) is 0 Å². The Balaban J connectivity index is 0. The van der Waals surface area contributed by atoms with Crippen molar-refractivity contribution >= 4 is 20.8 Å². The minimum atomic E-state index is -5.09. The Kier molecular flexibility index (Phi) is 11.9. The third-order valence-corrected chi connectivity index (χ3v) is 3.33. The van der Waals surface area contributed by atoms with Crippen LogP contribution in [-0.4, -0.2) is 21.4 Å². The molecule has 0 aromatic rings. The second-order valence-electron chi connectivity index (χ2n) is 3.41. The van der Waals surface area contributed by atoms with Gasteiger partial charge in [0.25, 0.3) is 0 Å². The fourth-order valence-electron chi connectivity index (χ4n) is 0.975. The first-order valence-corrected chi connectivity index (χ1v) is 8.20. The molecular weight excluding hydrogens is 286 g/mol. The van der Waals surface area contributed by atoms with Crippen LogP contribution in [0.4, 0.5) is 0 Å². The smallest absolute Gasteiger partial charge is 0.263 e. The molecule has 0 spiro atoms. The van der Waals surface area contributed by atoms with Crippen LogP contribution >= 0.6 is 0 Å². The maximum Gasteiger partial charge on any atom is 0.432 e. The predicted octanol–water partition coefficient (Wildman–Crippen LogP) is 1.31. The molecule has 18 heavy (non-hydrogen) atoms. The molecule has 0 aromatic carbocycles. The zero-order valence-electron chi connectivity index (χ0n) is 10.5. The van der Waals surface area contributed by atoms with Gasteiger partial charge in [0.1, 0.15) is 0 Å². The van der Waals surface area contributed by atoms with Crippen molar-refractivity contribution in [1.29, 1.82) is 0 Å². The van der Waals surface area contributed by atoms with Crippen LogP contribution in [0.3, 0.4) is 0 Å². The fraction of sp³-hybridized carbons (Fsp3) is 1.00. The first-order chi connectivity index (χ1) is 8.18. The van der Waals surface area contributed by atoms with Gasteiger partial charge >= 0.3 is 20.8 Å². The van der Waals surface area contributed by atoms with Gasteiger partial charge < -0.3 is 0 Å². The minimum absolute atomic E-state index is 1.36. The molecule has 0 aliphatic rings. The van der Waals surface area contributed by atoms with Crippen molar-refractivity contribution in [2.45, 2.75) is 52.4 Å². The van der Waals surface area contributed by atoms with Crippen molar-refractivity contribution < 1.29 is 29.3 Å². The molecule has 0 heterocycles. The Bertz CT molecular complexity index is 370. The summed E-state index contributed by atoms with van der Waals surface area (Å²) in [7, 11) is -9.92. The third-order valence-electron chi connectivity index (χ3n) is 1.74. The lowest BCUT2D eigenvalue weighted by Gasteiger charge is -1.94. The van der Waals surface area contributed by atoms with E-state index in [4.69, 9.17) is 4.55 Å². The van der Waals surface area contributed by atoms with Crippen LogP contribution in [0.2, 0.25) is 0 Å². The number of nitrogens with two attached hydrogens (primary N) is 1. The molecule has 0 radical (unpaired) electrons. The highest BCUT2D eigenvalue weighted by Gasteiger charge is 2.19. The SMILES string of the molecule is CCCCCCCC.NOS(=O)(=O)OS(=O)(=O)O. The zero-order valence-corrected chi connectivity index (χ0v) is 12.2. The molecule has 0 aromatic heterocycles. The van der Waals surface area contributed by atoms with E-state index in [1.54, 1.807) is 0 Å². The highest BCUT2D eigenvalue weighted by Crippen LogP contribution is 2.03. The summed E-state index contributed by atoms with van der Waals surface area (Å²) >= 11 is 0. The third kappa shape index (κ3) is 18.1. The lowest BCUT2D eigenvalue weighted by Crippen LogP contribution is -2.18. The lowest BCUT2D eigenvalue weighted by molar-refractivity contribution is 0.272. The van der Waals surface area contributed by atoms with Gasteiger partial charge in [-0.3, -0.25) is 4.55 Å². The summed E-state index contributed by atoms with van der Waals surface area (Å²) in [6, 6.07) is 0. The summed E-state index contributed by atoms with van der Waals surface area (Å²) in [5.74, 6) is 4.02. The van der Waals surface area contributed by atoms with E-state index >= 15 is 0 Å². The maximum atomic E-state index is 9.91. The molecule has 0 atom stereocenters. The molecule has 112 valence electrons. The van der Waals surface area contributed by atoms with E-state index in [1.807, 2.05) is 0 Å². The topological polar surface area (TPSA) is 133 Å². The van der Waals surface area contributed by atoms with Gasteiger partial charge in [-0.15, -0.1) is 0 Å². The number of rotatable bonds is 8. The molecule has 0 bridgehead atoms. The second-order valence-corrected chi connectivity index (χ2v) is 5.82. The molecule has 0 aliphatic heterocycles. The van der Waals surface area contributed by atoms with Gasteiger partial charge in [-0.1, -0.05) is 56.0 Å². The monoisotopic (exact) mass is 307 g/mol.